The Morgan fingerprint density at radius 1 is 0.739 bits per heavy atom. The SMILES string of the molecule is c1coc(-c2cnc(-c3ccncc3)cc2-c2ccncc2)c1. The van der Waals surface area contributed by atoms with Crippen LogP contribution in [0.25, 0.3) is 33.7 Å². The van der Waals surface area contributed by atoms with Gasteiger partial charge in [0.25, 0.3) is 0 Å². The smallest absolute Gasteiger partial charge is 0.136 e. The van der Waals surface area contributed by atoms with Crippen molar-refractivity contribution in [3.8, 4) is 33.7 Å². The van der Waals surface area contributed by atoms with Crippen molar-refractivity contribution >= 4 is 0 Å². The molecule has 0 radical (unpaired) electrons. The van der Waals surface area contributed by atoms with Crippen LogP contribution in [0, 0.1) is 0 Å². The van der Waals surface area contributed by atoms with Crippen molar-refractivity contribution in [1.82, 2.24) is 15.0 Å². The van der Waals surface area contributed by atoms with Gasteiger partial charge in [-0.05, 0) is 53.6 Å². The van der Waals surface area contributed by atoms with Crippen LogP contribution in [0.2, 0.25) is 0 Å². The first-order chi connectivity index (χ1) is 11.4. The summed E-state index contributed by atoms with van der Waals surface area (Å²) in [7, 11) is 0. The van der Waals surface area contributed by atoms with Gasteiger partial charge in [-0.15, -0.1) is 0 Å². The first-order valence-electron chi connectivity index (χ1n) is 7.26. The van der Waals surface area contributed by atoms with E-state index in [0.29, 0.717) is 0 Å². The van der Waals surface area contributed by atoms with Crippen LogP contribution < -0.4 is 0 Å². The third-order valence-electron chi connectivity index (χ3n) is 3.66. The van der Waals surface area contributed by atoms with Crippen molar-refractivity contribution in [3.63, 3.8) is 0 Å². The molecule has 4 heteroatoms. The lowest BCUT2D eigenvalue weighted by molar-refractivity contribution is 0.582. The summed E-state index contributed by atoms with van der Waals surface area (Å²) in [6.07, 6.45) is 10.6. The van der Waals surface area contributed by atoms with Crippen molar-refractivity contribution < 1.29 is 4.42 Å². The van der Waals surface area contributed by atoms with Crippen molar-refractivity contribution in [2.24, 2.45) is 0 Å². The van der Waals surface area contributed by atoms with Gasteiger partial charge < -0.3 is 4.42 Å². The van der Waals surface area contributed by atoms with Crippen LogP contribution in [0.5, 0.6) is 0 Å². The van der Waals surface area contributed by atoms with Crippen LogP contribution in [0.3, 0.4) is 0 Å². The van der Waals surface area contributed by atoms with Gasteiger partial charge in [0.2, 0.25) is 0 Å². The summed E-state index contributed by atoms with van der Waals surface area (Å²) in [4.78, 5) is 12.7. The fourth-order valence-electron chi connectivity index (χ4n) is 2.53. The van der Waals surface area contributed by atoms with Crippen LogP contribution in [0.15, 0.2) is 84.1 Å². The summed E-state index contributed by atoms with van der Waals surface area (Å²) in [6, 6.07) is 13.8. The quantitative estimate of drug-likeness (QED) is 0.560. The molecule has 0 spiro atoms. The molecule has 0 atom stereocenters. The molecule has 0 saturated carbocycles. The van der Waals surface area contributed by atoms with Gasteiger partial charge in [0.05, 0.1) is 12.0 Å². The molecular weight excluding hydrogens is 286 g/mol. The van der Waals surface area contributed by atoms with Gasteiger partial charge in [0.15, 0.2) is 0 Å². The molecule has 0 bridgehead atoms. The highest BCUT2D eigenvalue weighted by Crippen LogP contribution is 2.34. The Balaban J connectivity index is 1.92. The molecule has 0 aliphatic carbocycles. The van der Waals surface area contributed by atoms with E-state index in [-0.39, 0.29) is 0 Å². The summed E-state index contributed by atoms with van der Waals surface area (Å²) >= 11 is 0. The maximum atomic E-state index is 5.56. The lowest BCUT2D eigenvalue weighted by Gasteiger charge is -2.10. The number of rotatable bonds is 3. The van der Waals surface area contributed by atoms with E-state index >= 15 is 0 Å². The van der Waals surface area contributed by atoms with Gasteiger partial charge in [0.1, 0.15) is 5.76 Å². The van der Waals surface area contributed by atoms with E-state index in [9.17, 15) is 0 Å². The van der Waals surface area contributed by atoms with Crippen molar-refractivity contribution in [3.05, 3.63) is 79.7 Å². The maximum Gasteiger partial charge on any atom is 0.136 e. The second kappa shape index (κ2) is 5.85. The Bertz CT molecular complexity index is 904. The zero-order chi connectivity index (χ0) is 15.5. The highest BCUT2D eigenvalue weighted by molar-refractivity contribution is 5.83. The van der Waals surface area contributed by atoms with E-state index in [4.69, 9.17) is 4.42 Å². The van der Waals surface area contributed by atoms with Crippen LogP contribution in [0.4, 0.5) is 0 Å². The van der Waals surface area contributed by atoms with Gasteiger partial charge in [-0.3, -0.25) is 15.0 Å². The molecule has 0 aromatic carbocycles. The minimum absolute atomic E-state index is 0.797. The van der Waals surface area contributed by atoms with E-state index in [1.165, 1.54) is 0 Å². The first kappa shape index (κ1) is 13.4. The number of nitrogens with zero attached hydrogens (tertiary/aromatic N) is 3. The summed E-state index contributed by atoms with van der Waals surface area (Å²) in [5.74, 6) is 0.797. The molecular formula is C19H13N3O. The van der Waals surface area contributed by atoms with E-state index in [1.807, 2.05) is 42.6 Å². The first-order valence-corrected chi connectivity index (χ1v) is 7.26. The normalized spacial score (nSPS) is 10.6. The molecule has 4 aromatic heterocycles. The number of hydrogen-bond acceptors (Lipinski definition) is 4. The van der Waals surface area contributed by atoms with E-state index in [0.717, 1.165) is 33.7 Å². The maximum absolute atomic E-state index is 5.56. The molecule has 4 nitrogen and oxygen atoms in total. The minimum Gasteiger partial charge on any atom is -0.464 e. The van der Waals surface area contributed by atoms with Crippen LogP contribution in [-0.4, -0.2) is 15.0 Å². The standard InChI is InChI=1S/C19H13N3O/c1-2-19(23-11-1)17-13-22-18(15-5-9-21-10-6-15)12-16(17)14-3-7-20-8-4-14/h1-13H. The predicted octanol–water partition coefficient (Wildman–Crippen LogP) is 4.47. The second-order valence-corrected chi connectivity index (χ2v) is 5.06. The predicted molar refractivity (Wildman–Crippen MR) is 88.4 cm³/mol. The molecule has 0 N–H and O–H groups in total. The molecule has 0 fully saturated rings. The largest absolute Gasteiger partial charge is 0.464 e. The van der Waals surface area contributed by atoms with Crippen LogP contribution >= 0.6 is 0 Å². The average Bonchev–Trinajstić information content (AvgIpc) is 3.17. The zero-order valence-electron chi connectivity index (χ0n) is 12.3. The Morgan fingerprint density at radius 3 is 2.09 bits per heavy atom. The Hall–Kier alpha value is -3.27. The lowest BCUT2D eigenvalue weighted by Crippen LogP contribution is -1.90. The third kappa shape index (κ3) is 2.62. The van der Waals surface area contributed by atoms with Gasteiger partial charge in [-0.2, -0.15) is 0 Å². The average molecular weight is 299 g/mol. The van der Waals surface area contributed by atoms with Crippen LogP contribution in [0.1, 0.15) is 0 Å². The molecule has 0 amide bonds. The van der Waals surface area contributed by atoms with Gasteiger partial charge >= 0.3 is 0 Å². The van der Waals surface area contributed by atoms with E-state index in [2.05, 4.69) is 21.0 Å². The summed E-state index contributed by atoms with van der Waals surface area (Å²) in [5.41, 5.74) is 5.02. The zero-order valence-corrected chi connectivity index (χ0v) is 12.3. The second-order valence-electron chi connectivity index (χ2n) is 5.06. The van der Waals surface area contributed by atoms with Gasteiger partial charge in [-0.25, -0.2) is 0 Å². The Labute approximate surface area is 133 Å². The molecule has 4 aromatic rings. The number of hydrogen-bond donors (Lipinski definition) is 0. The fourth-order valence-corrected chi connectivity index (χ4v) is 2.53. The van der Waals surface area contributed by atoms with E-state index in [1.54, 1.807) is 31.1 Å². The van der Waals surface area contributed by atoms with Crippen LogP contribution in [-0.2, 0) is 0 Å². The molecule has 23 heavy (non-hydrogen) atoms. The molecule has 0 aliphatic rings. The lowest BCUT2D eigenvalue weighted by atomic mass is 9.98. The minimum atomic E-state index is 0.797. The Morgan fingerprint density at radius 2 is 1.43 bits per heavy atom. The molecule has 4 rings (SSSR count). The molecule has 0 unspecified atom stereocenters. The topological polar surface area (TPSA) is 51.8 Å². The van der Waals surface area contributed by atoms with E-state index < -0.39 is 0 Å². The van der Waals surface area contributed by atoms with Crippen molar-refractivity contribution in [2.75, 3.05) is 0 Å². The van der Waals surface area contributed by atoms with Gasteiger partial charge in [0, 0.05) is 42.1 Å². The Kier molecular flexibility index (Phi) is 3.41. The summed E-state index contributed by atoms with van der Waals surface area (Å²) in [5, 5.41) is 0. The molecule has 0 saturated heterocycles. The summed E-state index contributed by atoms with van der Waals surface area (Å²) < 4.78 is 5.56. The highest BCUT2D eigenvalue weighted by atomic mass is 16.3. The highest BCUT2D eigenvalue weighted by Gasteiger charge is 2.12. The number of pyridine rings is 3. The molecule has 110 valence electrons. The number of aromatic nitrogens is 3. The third-order valence-corrected chi connectivity index (χ3v) is 3.66. The molecule has 0 aliphatic heterocycles. The summed E-state index contributed by atoms with van der Waals surface area (Å²) in [6.45, 7) is 0. The molecule has 4 heterocycles. The number of furan rings is 1. The van der Waals surface area contributed by atoms with Crippen molar-refractivity contribution in [2.45, 2.75) is 0 Å². The monoisotopic (exact) mass is 299 g/mol. The van der Waals surface area contributed by atoms with Crippen molar-refractivity contribution in [1.29, 1.82) is 0 Å². The van der Waals surface area contributed by atoms with Gasteiger partial charge in [-0.1, -0.05) is 0 Å². The fraction of sp³-hybridized carbons (Fsp3) is 0.